The van der Waals surface area contributed by atoms with E-state index in [4.69, 9.17) is 26.2 Å². The first-order valence-corrected chi connectivity index (χ1v) is 10.1. The summed E-state index contributed by atoms with van der Waals surface area (Å²) in [4.78, 5) is 0. The molecule has 27 heavy (non-hydrogen) atoms. The van der Waals surface area contributed by atoms with Gasteiger partial charge >= 0.3 is 0 Å². The molecule has 0 radical (unpaired) electrons. The molecule has 7 heteroatoms. The van der Waals surface area contributed by atoms with Crippen molar-refractivity contribution < 1.29 is 14.6 Å². The van der Waals surface area contributed by atoms with Crippen molar-refractivity contribution in [2.45, 2.75) is 19.6 Å². The fourth-order valence-electron chi connectivity index (χ4n) is 2.59. The highest BCUT2D eigenvalue weighted by Crippen LogP contribution is 2.37. The van der Waals surface area contributed by atoms with E-state index in [0.717, 1.165) is 35.1 Å². The molecule has 2 aromatic rings. The minimum Gasteiger partial charge on any atom is -0.493 e. The maximum atomic E-state index is 8.76. The molecule has 0 atom stereocenters. The quantitative estimate of drug-likeness (QED) is 0.424. The van der Waals surface area contributed by atoms with Crippen LogP contribution in [0.2, 0.25) is 5.02 Å². The second kappa shape index (κ2) is 12.2. The van der Waals surface area contributed by atoms with Crippen LogP contribution in [0, 0.1) is 0 Å². The van der Waals surface area contributed by atoms with Gasteiger partial charge < -0.3 is 25.2 Å². The molecule has 2 rings (SSSR count). The largest absolute Gasteiger partial charge is 0.493 e. The standard InChI is InChI=1S/C20H26BrClN2O3/c1-26-19-8-7-17(21)16(13-24-10-4-9-23-11-12-25)20(19)27-14-15-5-2-3-6-18(15)22/h2-3,5-8,23-25H,4,9-14H2,1H3. The zero-order valence-corrected chi connectivity index (χ0v) is 17.8. The first-order chi connectivity index (χ1) is 13.2. The van der Waals surface area contributed by atoms with Gasteiger partial charge in [0.1, 0.15) is 6.61 Å². The Kier molecular flexibility index (Phi) is 9.94. The summed E-state index contributed by atoms with van der Waals surface area (Å²) in [5.74, 6) is 1.39. The van der Waals surface area contributed by atoms with Crippen molar-refractivity contribution in [1.82, 2.24) is 10.6 Å². The first kappa shape index (κ1) is 22.0. The summed E-state index contributed by atoms with van der Waals surface area (Å²) in [5.41, 5.74) is 1.93. The van der Waals surface area contributed by atoms with E-state index in [-0.39, 0.29) is 6.61 Å². The second-order valence-electron chi connectivity index (χ2n) is 5.94. The molecular weight excluding hydrogens is 432 g/mol. The van der Waals surface area contributed by atoms with E-state index in [1.54, 1.807) is 7.11 Å². The Labute approximate surface area is 174 Å². The Morgan fingerprint density at radius 1 is 1.07 bits per heavy atom. The normalized spacial score (nSPS) is 10.8. The van der Waals surface area contributed by atoms with Crippen molar-refractivity contribution in [3.05, 3.63) is 57.0 Å². The van der Waals surface area contributed by atoms with Gasteiger partial charge in [0.2, 0.25) is 0 Å². The fourth-order valence-corrected chi connectivity index (χ4v) is 3.23. The van der Waals surface area contributed by atoms with Crippen LogP contribution in [0.25, 0.3) is 0 Å². The molecule has 0 fully saturated rings. The van der Waals surface area contributed by atoms with Crippen molar-refractivity contribution in [2.24, 2.45) is 0 Å². The van der Waals surface area contributed by atoms with Crippen LogP contribution in [-0.2, 0) is 13.2 Å². The number of nitrogens with one attached hydrogen (secondary N) is 2. The Morgan fingerprint density at radius 2 is 1.85 bits per heavy atom. The number of methoxy groups -OCH3 is 1. The number of aliphatic hydroxyl groups excluding tert-OH is 1. The molecule has 0 aliphatic heterocycles. The molecule has 0 aliphatic rings. The van der Waals surface area contributed by atoms with Crippen molar-refractivity contribution in [3.8, 4) is 11.5 Å². The van der Waals surface area contributed by atoms with E-state index >= 15 is 0 Å². The van der Waals surface area contributed by atoms with Crippen molar-refractivity contribution in [2.75, 3.05) is 33.4 Å². The Hall–Kier alpha value is -1.31. The van der Waals surface area contributed by atoms with Gasteiger partial charge in [0.15, 0.2) is 11.5 Å². The summed E-state index contributed by atoms with van der Waals surface area (Å²) in [6, 6.07) is 11.5. The Morgan fingerprint density at radius 3 is 2.59 bits per heavy atom. The van der Waals surface area contributed by atoms with Crippen LogP contribution in [0.1, 0.15) is 17.5 Å². The average molecular weight is 458 g/mol. The van der Waals surface area contributed by atoms with Gasteiger partial charge in [-0.2, -0.15) is 0 Å². The molecule has 3 N–H and O–H groups in total. The van der Waals surface area contributed by atoms with E-state index in [2.05, 4.69) is 26.6 Å². The van der Waals surface area contributed by atoms with Crippen LogP contribution in [0.5, 0.6) is 11.5 Å². The number of rotatable bonds is 12. The lowest BCUT2D eigenvalue weighted by molar-refractivity contribution is 0.280. The van der Waals surface area contributed by atoms with Gasteiger partial charge in [-0.15, -0.1) is 0 Å². The van der Waals surface area contributed by atoms with Gasteiger partial charge in [0, 0.05) is 33.7 Å². The molecule has 0 heterocycles. The zero-order valence-electron chi connectivity index (χ0n) is 15.4. The van der Waals surface area contributed by atoms with Crippen LogP contribution in [0.15, 0.2) is 40.9 Å². The highest BCUT2D eigenvalue weighted by atomic mass is 79.9. The third-order valence-electron chi connectivity index (χ3n) is 4.01. The highest BCUT2D eigenvalue weighted by Gasteiger charge is 2.15. The third-order valence-corrected chi connectivity index (χ3v) is 5.13. The van der Waals surface area contributed by atoms with Crippen LogP contribution in [-0.4, -0.2) is 38.5 Å². The predicted octanol–water partition coefficient (Wildman–Crippen LogP) is 3.75. The van der Waals surface area contributed by atoms with Crippen molar-refractivity contribution >= 4 is 27.5 Å². The first-order valence-electron chi connectivity index (χ1n) is 8.91. The van der Waals surface area contributed by atoms with Gasteiger partial charge in [0.25, 0.3) is 0 Å². The minimum atomic E-state index is 0.163. The molecule has 0 bridgehead atoms. The number of benzene rings is 2. The Balaban J connectivity index is 2.01. The maximum Gasteiger partial charge on any atom is 0.167 e. The number of aliphatic hydroxyl groups is 1. The molecule has 0 saturated carbocycles. The van der Waals surface area contributed by atoms with Crippen LogP contribution >= 0.6 is 27.5 Å². The zero-order chi connectivity index (χ0) is 19.5. The summed E-state index contributed by atoms with van der Waals surface area (Å²) in [6.07, 6.45) is 0.970. The lowest BCUT2D eigenvalue weighted by Gasteiger charge is -2.17. The number of hydrogen-bond donors (Lipinski definition) is 3. The summed E-state index contributed by atoms with van der Waals surface area (Å²) >= 11 is 9.85. The molecule has 0 amide bonds. The summed E-state index contributed by atoms with van der Waals surface area (Å²) in [5, 5.41) is 16.0. The number of halogens is 2. The van der Waals surface area contributed by atoms with E-state index in [1.807, 2.05) is 36.4 Å². The van der Waals surface area contributed by atoms with Gasteiger partial charge in [-0.3, -0.25) is 0 Å². The fraction of sp³-hybridized carbons (Fsp3) is 0.400. The summed E-state index contributed by atoms with van der Waals surface area (Å²) in [7, 11) is 1.63. The molecule has 5 nitrogen and oxygen atoms in total. The molecule has 148 valence electrons. The molecule has 0 aliphatic carbocycles. The Bertz CT molecular complexity index is 716. The van der Waals surface area contributed by atoms with Crippen molar-refractivity contribution in [3.63, 3.8) is 0 Å². The molecule has 2 aromatic carbocycles. The molecule has 0 unspecified atom stereocenters. The predicted molar refractivity (Wildman–Crippen MR) is 113 cm³/mol. The van der Waals surface area contributed by atoms with Crippen LogP contribution in [0.4, 0.5) is 0 Å². The molecular formula is C20H26BrClN2O3. The van der Waals surface area contributed by atoms with Gasteiger partial charge in [-0.25, -0.2) is 0 Å². The molecule has 0 saturated heterocycles. The van der Waals surface area contributed by atoms with Crippen molar-refractivity contribution in [1.29, 1.82) is 0 Å². The van der Waals surface area contributed by atoms with Gasteiger partial charge in [-0.05, 0) is 37.7 Å². The SMILES string of the molecule is COc1ccc(Br)c(CNCCCNCCO)c1OCc1ccccc1Cl. The van der Waals surface area contributed by atoms with E-state index < -0.39 is 0 Å². The topological polar surface area (TPSA) is 62.8 Å². The van der Waals surface area contributed by atoms with Crippen LogP contribution in [0.3, 0.4) is 0 Å². The van der Waals surface area contributed by atoms with Crippen LogP contribution < -0.4 is 20.1 Å². The lowest BCUT2D eigenvalue weighted by atomic mass is 10.1. The molecule has 0 aromatic heterocycles. The third kappa shape index (κ3) is 6.97. The van der Waals surface area contributed by atoms with E-state index in [0.29, 0.717) is 36.2 Å². The average Bonchev–Trinajstić information content (AvgIpc) is 2.68. The molecule has 0 spiro atoms. The van der Waals surface area contributed by atoms with E-state index in [9.17, 15) is 0 Å². The second-order valence-corrected chi connectivity index (χ2v) is 7.20. The van der Waals surface area contributed by atoms with E-state index in [1.165, 1.54) is 0 Å². The summed E-state index contributed by atoms with van der Waals surface area (Å²) in [6.45, 7) is 3.52. The lowest BCUT2D eigenvalue weighted by Crippen LogP contribution is -2.24. The maximum absolute atomic E-state index is 8.76. The van der Waals surface area contributed by atoms with Gasteiger partial charge in [0.05, 0.1) is 13.7 Å². The smallest absolute Gasteiger partial charge is 0.167 e. The number of hydrogen-bond acceptors (Lipinski definition) is 5. The highest BCUT2D eigenvalue weighted by molar-refractivity contribution is 9.10. The monoisotopic (exact) mass is 456 g/mol. The number of ether oxygens (including phenoxy) is 2. The van der Waals surface area contributed by atoms with Gasteiger partial charge in [-0.1, -0.05) is 45.7 Å². The minimum absolute atomic E-state index is 0.163. The summed E-state index contributed by atoms with van der Waals surface area (Å²) < 4.78 is 12.6.